The summed E-state index contributed by atoms with van der Waals surface area (Å²) < 4.78 is 52.5. The number of benzene rings is 1. The lowest BCUT2D eigenvalue weighted by molar-refractivity contribution is 0.0217. The third-order valence-corrected chi connectivity index (χ3v) is 8.12. The number of likely N-dealkylation sites (tertiary alicyclic amines) is 1. The van der Waals surface area contributed by atoms with Gasteiger partial charge in [-0.25, -0.2) is 22.4 Å². The first-order chi connectivity index (χ1) is 16.8. The molecule has 0 spiro atoms. The number of ether oxygens (including phenoxy) is 2. The van der Waals surface area contributed by atoms with E-state index in [-0.39, 0.29) is 48.7 Å². The van der Waals surface area contributed by atoms with Gasteiger partial charge in [-0.3, -0.25) is 9.29 Å². The molecular weight excluding hydrogens is 513 g/mol. The maximum atomic E-state index is 13.8. The van der Waals surface area contributed by atoms with Crippen LogP contribution in [0.1, 0.15) is 49.7 Å². The quantitative estimate of drug-likeness (QED) is 0.499. The number of nitrogens with zero attached hydrogens (tertiary/aromatic N) is 3. The summed E-state index contributed by atoms with van der Waals surface area (Å²) in [5.74, 6) is -1.25. The SMILES string of the molecule is COC(=O)c1ccc(CN(c2ccc(F)c(Cl)c2)S(=O)(=O)C2CCN(C(=O)OC(C)(C)C)CC2)nc1. The molecule has 2 aromatic rings. The van der Waals surface area contributed by atoms with E-state index in [1.807, 2.05) is 0 Å². The van der Waals surface area contributed by atoms with Gasteiger partial charge in [-0.1, -0.05) is 11.6 Å². The molecule has 1 amide bonds. The predicted octanol–water partition coefficient (Wildman–Crippen LogP) is 4.40. The van der Waals surface area contributed by atoms with Gasteiger partial charge in [0.1, 0.15) is 11.4 Å². The molecule has 1 saturated heterocycles. The fourth-order valence-electron chi connectivity index (χ4n) is 3.71. The van der Waals surface area contributed by atoms with Crippen molar-refractivity contribution in [2.24, 2.45) is 0 Å². The highest BCUT2D eigenvalue weighted by atomic mass is 35.5. The zero-order chi connectivity index (χ0) is 26.7. The van der Waals surface area contributed by atoms with Crippen molar-refractivity contribution >= 4 is 39.4 Å². The molecule has 3 rings (SSSR count). The van der Waals surface area contributed by atoms with Crippen LogP contribution < -0.4 is 4.31 Å². The molecule has 0 unspecified atom stereocenters. The van der Waals surface area contributed by atoms with Crippen LogP contribution in [0.5, 0.6) is 0 Å². The van der Waals surface area contributed by atoms with Crippen LogP contribution >= 0.6 is 11.6 Å². The Labute approximate surface area is 215 Å². The van der Waals surface area contributed by atoms with Gasteiger partial charge in [-0.15, -0.1) is 0 Å². The average molecular weight is 542 g/mol. The molecule has 196 valence electrons. The second-order valence-corrected chi connectivity index (χ2v) is 11.9. The Morgan fingerprint density at radius 2 is 1.86 bits per heavy atom. The predicted molar refractivity (Wildman–Crippen MR) is 133 cm³/mol. The highest BCUT2D eigenvalue weighted by Gasteiger charge is 2.37. The molecular formula is C24H29ClFN3O6S. The van der Waals surface area contributed by atoms with Gasteiger partial charge in [0.2, 0.25) is 10.0 Å². The number of sulfonamides is 1. The second kappa shape index (κ2) is 11.0. The summed E-state index contributed by atoms with van der Waals surface area (Å²) in [4.78, 5) is 29.8. The molecule has 0 bridgehead atoms. The zero-order valence-electron chi connectivity index (χ0n) is 20.5. The van der Waals surface area contributed by atoms with Crippen molar-refractivity contribution in [2.75, 3.05) is 24.5 Å². The Bertz CT molecular complexity index is 1210. The molecule has 0 radical (unpaired) electrons. The Hall–Kier alpha value is -2.92. The van der Waals surface area contributed by atoms with E-state index in [0.29, 0.717) is 5.69 Å². The molecule has 0 atom stereocenters. The minimum atomic E-state index is -3.98. The van der Waals surface area contributed by atoms with Crippen molar-refractivity contribution in [3.05, 3.63) is 58.6 Å². The molecule has 9 nitrogen and oxygen atoms in total. The Morgan fingerprint density at radius 3 is 2.39 bits per heavy atom. The third-order valence-electron chi connectivity index (χ3n) is 5.56. The van der Waals surface area contributed by atoms with Crippen molar-refractivity contribution in [1.29, 1.82) is 0 Å². The number of piperidine rings is 1. The average Bonchev–Trinajstić information content (AvgIpc) is 2.83. The van der Waals surface area contributed by atoms with Crippen LogP contribution in [-0.4, -0.2) is 61.4 Å². The number of hydrogen-bond donors (Lipinski definition) is 0. The number of hydrogen-bond acceptors (Lipinski definition) is 7. The lowest BCUT2D eigenvalue weighted by atomic mass is 10.1. The van der Waals surface area contributed by atoms with E-state index >= 15 is 0 Å². The van der Waals surface area contributed by atoms with E-state index in [0.717, 1.165) is 10.4 Å². The van der Waals surface area contributed by atoms with Gasteiger partial charge >= 0.3 is 12.1 Å². The molecule has 36 heavy (non-hydrogen) atoms. The normalized spacial score (nSPS) is 14.9. The first-order valence-electron chi connectivity index (χ1n) is 11.3. The standard InChI is InChI=1S/C24H29ClFN3O6S/c1-24(2,3)35-23(31)28-11-9-19(10-12-28)36(32,33)29(18-7-8-21(26)20(25)13-18)15-17-6-5-16(14-27-17)22(30)34-4/h5-8,13-14,19H,9-12,15H2,1-4H3. The summed E-state index contributed by atoms with van der Waals surface area (Å²) in [5, 5.41) is -1.02. The lowest BCUT2D eigenvalue weighted by Gasteiger charge is -2.36. The van der Waals surface area contributed by atoms with Crippen molar-refractivity contribution in [3.63, 3.8) is 0 Å². The number of esters is 1. The number of pyridine rings is 1. The van der Waals surface area contributed by atoms with Gasteiger partial charge in [0.15, 0.2) is 0 Å². The van der Waals surface area contributed by atoms with E-state index < -0.39 is 38.8 Å². The summed E-state index contributed by atoms with van der Waals surface area (Å²) >= 11 is 5.95. The van der Waals surface area contributed by atoms with Gasteiger partial charge in [0.25, 0.3) is 0 Å². The number of amides is 1. The van der Waals surface area contributed by atoms with Gasteiger partial charge in [-0.2, -0.15) is 0 Å². The van der Waals surface area contributed by atoms with Crippen molar-refractivity contribution in [3.8, 4) is 0 Å². The summed E-state index contributed by atoms with van der Waals surface area (Å²) in [7, 11) is -2.73. The monoisotopic (exact) mass is 541 g/mol. The van der Waals surface area contributed by atoms with Gasteiger partial charge in [0.05, 0.1) is 40.9 Å². The summed E-state index contributed by atoms with van der Waals surface area (Å²) in [5.41, 5.74) is 0.0948. The third kappa shape index (κ3) is 6.64. The molecule has 2 heterocycles. The number of rotatable bonds is 6. The van der Waals surface area contributed by atoms with Crippen LogP contribution in [0.4, 0.5) is 14.9 Å². The van der Waals surface area contributed by atoms with E-state index in [2.05, 4.69) is 9.72 Å². The van der Waals surface area contributed by atoms with Crippen molar-refractivity contribution < 1.29 is 31.9 Å². The molecule has 1 aromatic heterocycles. The van der Waals surface area contributed by atoms with Gasteiger partial charge in [0, 0.05) is 19.3 Å². The van der Waals surface area contributed by atoms with Gasteiger partial charge in [-0.05, 0) is 63.9 Å². The van der Waals surface area contributed by atoms with Gasteiger partial charge < -0.3 is 14.4 Å². The Kier molecular flexibility index (Phi) is 8.45. The van der Waals surface area contributed by atoms with Crippen molar-refractivity contribution in [2.45, 2.75) is 51.0 Å². The van der Waals surface area contributed by atoms with Crippen LogP contribution in [0.25, 0.3) is 0 Å². The highest BCUT2D eigenvalue weighted by Crippen LogP contribution is 2.31. The smallest absolute Gasteiger partial charge is 0.410 e. The maximum Gasteiger partial charge on any atom is 0.410 e. The molecule has 0 saturated carbocycles. The first-order valence-corrected chi connectivity index (χ1v) is 13.2. The molecule has 12 heteroatoms. The number of aromatic nitrogens is 1. The minimum Gasteiger partial charge on any atom is -0.465 e. The van der Waals surface area contributed by atoms with Crippen LogP contribution in [-0.2, 0) is 26.0 Å². The fraction of sp³-hybridized carbons (Fsp3) is 0.458. The topological polar surface area (TPSA) is 106 Å². The van der Waals surface area contributed by atoms with Crippen LogP contribution in [0.3, 0.4) is 0 Å². The number of carbonyl (C=O) groups excluding carboxylic acids is 2. The van der Waals surface area contributed by atoms with Crippen molar-refractivity contribution in [1.82, 2.24) is 9.88 Å². The van der Waals surface area contributed by atoms with Crippen LogP contribution in [0.2, 0.25) is 5.02 Å². The van der Waals surface area contributed by atoms with Crippen LogP contribution in [0.15, 0.2) is 36.5 Å². The first kappa shape index (κ1) is 27.7. The zero-order valence-corrected chi connectivity index (χ0v) is 22.1. The molecule has 1 fully saturated rings. The summed E-state index contributed by atoms with van der Waals surface area (Å²) in [6.07, 6.45) is 1.20. The maximum absolute atomic E-state index is 13.8. The van der Waals surface area contributed by atoms with E-state index in [4.69, 9.17) is 16.3 Å². The molecule has 1 aromatic carbocycles. The van der Waals surface area contributed by atoms with Crippen LogP contribution in [0, 0.1) is 5.82 Å². The largest absolute Gasteiger partial charge is 0.465 e. The summed E-state index contributed by atoms with van der Waals surface area (Å²) in [6, 6.07) is 6.67. The molecule has 0 aliphatic carbocycles. The second-order valence-electron chi connectivity index (χ2n) is 9.35. The Morgan fingerprint density at radius 1 is 1.19 bits per heavy atom. The van der Waals surface area contributed by atoms with E-state index in [1.54, 1.807) is 20.8 Å². The minimum absolute atomic E-state index is 0.169. The molecule has 1 aliphatic heterocycles. The lowest BCUT2D eigenvalue weighted by Crippen LogP contribution is -2.48. The summed E-state index contributed by atoms with van der Waals surface area (Å²) in [6.45, 7) is 5.54. The number of methoxy groups -OCH3 is 1. The molecule has 1 aliphatic rings. The highest BCUT2D eigenvalue weighted by molar-refractivity contribution is 7.93. The number of halogens is 2. The number of carbonyl (C=O) groups is 2. The van der Waals surface area contributed by atoms with E-state index in [1.165, 1.54) is 42.5 Å². The van der Waals surface area contributed by atoms with E-state index in [9.17, 15) is 22.4 Å². The Balaban J connectivity index is 1.85. The fourth-order valence-corrected chi connectivity index (χ4v) is 5.78. The number of anilines is 1. The molecule has 0 N–H and O–H groups in total.